The summed E-state index contributed by atoms with van der Waals surface area (Å²) < 4.78 is 21.1. The highest BCUT2D eigenvalue weighted by atomic mass is 16.6. The van der Waals surface area contributed by atoms with E-state index >= 15 is 0 Å². The first kappa shape index (κ1) is 17.6. The summed E-state index contributed by atoms with van der Waals surface area (Å²) >= 11 is 0. The van der Waals surface area contributed by atoms with Crippen LogP contribution in [0.3, 0.4) is 0 Å². The Labute approximate surface area is 126 Å². The lowest BCUT2D eigenvalue weighted by atomic mass is 10.3. The van der Waals surface area contributed by atoms with Crippen LogP contribution in [0.1, 0.15) is 12.5 Å². The van der Waals surface area contributed by atoms with Crippen LogP contribution in [0.25, 0.3) is 0 Å². The summed E-state index contributed by atoms with van der Waals surface area (Å²) in [6, 6.07) is 0. The fraction of sp³-hybridized carbons (Fsp3) is 0.714. The molecule has 0 aliphatic heterocycles. The molecule has 0 amide bonds. The number of nitrogens with one attached hydrogen (secondary N) is 1. The number of nitrogens with zero attached hydrogens (tertiary/aromatic N) is 2. The molecule has 1 rings (SSSR count). The van der Waals surface area contributed by atoms with Gasteiger partial charge >= 0.3 is 0 Å². The Morgan fingerprint density at radius 2 is 1.67 bits per heavy atom. The Bertz CT molecular complexity index is 390. The Morgan fingerprint density at radius 3 is 2.33 bits per heavy atom. The van der Waals surface area contributed by atoms with Crippen LogP contribution in [0.5, 0.6) is 5.88 Å². The largest absolute Gasteiger partial charge is 0.475 e. The molecule has 0 unspecified atom stereocenters. The van der Waals surface area contributed by atoms with Crippen molar-refractivity contribution in [2.45, 2.75) is 13.8 Å². The molecular formula is C14H25N3O4. The lowest BCUT2D eigenvalue weighted by Gasteiger charge is -2.11. The fourth-order valence-corrected chi connectivity index (χ4v) is 1.59. The smallest absolute Gasteiger partial charge is 0.221 e. The van der Waals surface area contributed by atoms with Crippen molar-refractivity contribution >= 4 is 5.82 Å². The minimum absolute atomic E-state index is 0.446. The van der Waals surface area contributed by atoms with Gasteiger partial charge in [-0.25, -0.2) is 9.97 Å². The van der Waals surface area contributed by atoms with Crippen LogP contribution in [-0.2, 0) is 14.2 Å². The molecular weight excluding hydrogens is 274 g/mol. The molecule has 7 nitrogen and oxygen atoms in total. The third-order valence-electron chi connectivity index (χ3n) is 2.65. The van der Waals surface area contributed by atoms with Crippen molar-refractivity contribution < 1.29 is 18.9 Å². The average Bonchev–Trinajstić information content (AvgIpc) is 2.49. The van der Waals surface area contributed by atoms with Gasteiger partial charge in [0.15, 0.2) is 0 Å². The molecule has 1 heterocycles. The first-order chi connectivity index (χ1) is 10.3. The molecule has 0 bridgehead atoms. The van der Waals surface area contributed by atoms with E-state index in [2.05, 4.69) is 15.3 Å². The molecule has 0 aliphatic rings. The molecule has 7 heteroatoms. The normalized spacial score (nSPS) is 10.6. The summed E-state index contributed by atoms with van der Waals surface area (Å²) in [5, 5.41) is 3.16. The van der Waals surface area contributed by atoms with Crippen LogP contribution < -0.4 is 10.1 Å². The maximum Gasteiger partial charge on any atom is 0.221 e. The molecule has 21 heavy (non-hydrogen) atoms. The van der Waals surface area contributed by atoms with Crippen molar-refractivity contribution in [1.29, 1.82) is 0 Å². The topological polar surface area (TPSA) is 74.7 Å². The standard InChI is InChI=1S/C14H25N3O4/c1-4-15-13-12(2)14(17-11-16-13)21-10-9-20-8-7-19-6-5-18-3/h11H,4-10H2,1-3H3,(H,15,16,17). The molecule has 1 aromatic heterocycles. The maximum absolute atomic E-state index is 5.59. The third kappa shape index (κ3) is 7.22. The van der Waals surface area contributed by atoms with Crippen LogP contribution in [-0.4, -0.2) is 63.3 Å². The summed E-state index contributed by atoms with van der Waals surface area (Å²) in [7, 11) is 1.65. The lowest BCUT2D eigenvalue weighted by molar-refractivity contribution is 0.0176. The second-order valence-corrected chi connectivity index (χ2v) is 4.25. The van der Waals surface area contributed by atoms with Gasteiger partial charge < -0.3 is 24.3 Å². The van der Waals surface area contributed by atoms with Crippen molar-refractivity contribution in [2.75, 3.05) is 58.6 Å². The summed E-state index contributed by atoms with van der Waals surface area (Å²) in [5.41, 5.74) is 0.905. The van der Waals surface area contributed by atoms with Gasteiger partial charge in [0.05, 0.1) is 38.6 Å². The van der Waals surface area contributed by atoms with Crippen LogP contribution in [0, 0.1) is 6.92 Å². The van der Waals surface area contributed by atoms with Gasteiger partial charge in [-0.1, -0.05) is 0 Å². The van der Waals surface area contributed by atoms with E-state index in [1.165, 1.54) is 6.33 Å². The quantitative estimate of drug-likeness (QED) is 0.583. The maximum atomic E-state index is 5.59. The van der Waals surface area contributed by atoms with E-state index in [4.69, 9.17) is 18.9 Å². The second-order valence-electron chi connectivity index (χ2n) is 4.25. The predicted molar refractivity (Wildman–Crippen MR) is 79.9 cm³/mol. The molecule has 0 fully saturated rings. The van der Waals surface area contributed by atoms with Crippen molar-refractivity contribution in [2.24, 2.45) is 0 Å². The highest BCUT2D eigenvalue weighted by Gasteiger charge is 2.06. The molecule has 1 aromatic rings. The summed E-state index contributed by atoms with van der Waals surface area (Å²) in [4.78, 5) is 8.28. The van der Waals surface area contributed by atoms with Crippen molar-refractivity contribution in [3.63, 3.8) is 0 Å². The number of aromatic nitrogens is 2. The Balaban J connectivity index is 2.14. The molecule has 0 spiro atoms. The molecule has 0 saturated carbocycles. The van der Waals surface area contributed by atoms with E-state index in [0.717, 1.165) is 17.9 Å². The first-order valence-electron chi connectivity index (χ1n) is 7.12. The van der Waals surface area contributed by atoms with Gasteiger partial charge in [0.25, 0.3) is 0 Å². The van der Waals surface area contributed by atoms with E-state index in [9.17, 15) is 0 Å². The lowest BCUT2D eigenvalue weighted by Crippen LogP contribution is -2.13. The van der Waals surface area contributed by atoms with Gasteiger partial charge in [-0.2, -0.15) is 0 Å². The summed E-state index contributed by atoms with van der Waals surface area (Å²) in [5.74, 6) is 1.39. The van der Waals surface area contributed by atoms with E-state index < -0.39 is 0 Å². The average molecular weight is 299 g/mol. The monoisotopic (exact) mass is 299 g/mol. The Hall–Kier alpha value is -1.44. The molecule has 120 valence electrons. The number of hydrogen-bond donors (Lipinski definition) is 1. The second kappa shape index (κ2) is 11.2. The van der Waals surface area contributed by atoms with E-state index in [1.807, 2.05) is 13.8 Å². The van der Waals surface area contributed by atoms with Crippen LogP contribution >= 0.6 is 0 Å². The first-order valence-corrected chi connectivity index (χ1v) is 7.12. The van der Waals surface area contributed by atoms with Gasteiger partial charge in [-0.05, 0) is 13.8 Å². The molecule has 0 atom stereocenters. The van der Waals surface area contributed by atoms with Gasteiger partial charge in [0, 0.05) is 13.7 Å². The van der Waals surface area contributed by atoms with Crippen LogP contribution in [0.15, 0.2) is 6.33 Å². The minimum Gasteiger partial charge on any atom is -0.475 e. The summed E-state index contributed by atoms with van der Waals surface area (Å²) in [6.45, 7) is 7.98. The number of anilines is 1. The van der Waals surface area contributed by atoms with Crippen LogP contribution in [0.2, 0.25) is 0 Å². The zero-order valence-corrected chi connectivity index (χ0v) is 13.1. The van der Waals surface area contributed by atoms with E-state index in [0.29, 0.717) is 45.5 Å². The zero-order valence-electron chi connectivity index (χ0n) is 13.1. The van der Waals surface area contributed by atoms with Gasteiger partial charge in [0.2, 0.25) is 5.88 Å². The molecule has 1 N–H and O–H groups in total. The van der Waals surface area contributed by atoms with Crippen LogP contribution in [0.4, 0.5) is 5.82 Å². The minimum atomic E-state index is 0.446. The molecule has 0 aromatic carbocycles. The predicted octanol–water partition coefficient (Wildman–Crippen LogP) is 1.28. The van der Waals surface area contributed by atoms with E-state index in [1.54, 1.807) is 7.11 Å². The molecule has 0 aliphatic carbocycles. The number of rotatable bonds is 12. The third-order valence-corrected chi connectivity index (χ3v) is 2.65. The summed E-state index contributed by atoms with van der Waals surface area (Å²) in [6.07, 6.45) is 1.49. The van der Waals surface area contributed by atoms with Gasteiger partial charge in [-0.15, -0.1) is 0 Å². The number of methoxy groups -OCH3 is 1. The molecule has 0 saturated heterocycles. The van der Waals surface area contributed by atoms with E-state index in [-0.39, 0.29) is 0 Å². The fourth-order valence-electron chi connectivity index (χ4n) is 1.59. The number of ether oxygens (including phenoxy) is 4. The number of hydrogen-bond acceptors (Lipinski definition) is 7. The van der Waals surface area contributed by atoms with Crippen molar-refractivity contribution in [3.05, 3.63) is 11.9 Å². The van der Waals surface area contributed by atoms with Crippen molar-refractivity contribution in [3.8, 4) is 5.88 Å². The highest BCUT2D eigenvalue weighted by molar-refractivity contribution is 5.47. The Morgan fingerprint density at radius 1 is 1.00 bits per heavy atom. The zero-order chi connectivity index (χ0) is 15.3. The van der Waals surface area contributed by atoms with Crippen molar-refractivity contribution in [1.82, 2.24) is 9.97 Å². The van der Waals surface area contributed by atoms with Gasteiger partial charge in [-0.3, -0.25) is 0 Å². The Kier molecular flexibility index (Phi) is 9.43. The SMILES string of the molecule is CCNc1ncnc(OCCOCCOCCOC)c1C. The highest BCUT2D eigenvalue weighted by Crippen LogP contribution is 2.19. The molecule has 0 radical (unpaired) electrons. The van der Waals surface area contributed by atoms with Gasteiger partial charge in [0.1, 0.15) is 18.8 Å².